The number of fused-ring (bicyclic) bond motifs is 2. The third-order valence-corrected chi connectivity index (χ3v) is 7.66. The summed E-state index contributed by atoms with van der Waals surface area (Å²) in [6, 6.07) is 15.5. The van der Waals surface area contributed by atoms with E-state index in [9.17, 15) is 9.59 Å². The topological polar surface area (TPSA) is 77.5 Å². The molecule has 1 aliphatic heterocycles. The normalized spacial score (nSPS) is 13.9. The van der Waals surface area contributed by atoms with Gasteiger partial charge in [0.25, 0.3) is 0 Å². The first-order chi connectivity index (χ1) is 18.0. The Morgan fingerprint density at radius 1 is 1.13 bits per heavy atom. The van der Waals surface area contributed by atoms with E-state index in [1.807, 2.05) is 76.2 Å². The number of benzene rings is 3. The third-order valence-electron chi connectivity index (χ3n) is 6.27. The Hall–Kier alpha value is -3.26. The van der Waals surface area contributed by atoms with Gasteiger partial charge in [-0.15, -0.1) is 11.3 Å². The molecule has 1 amide bonds. The summed E-state index contributed by atoms with van der Waals surface area (Å²) >= 11 is 7.78. The first-order valence-electron chi connectivity index (χ1n) is 12.5. The molecule has 1 aromatic heterocycles. The quantitative estimate of drug-likeness (QED) is 0.252. The minimum Gasteiger partial charge on any atom is -0.464 e. The summed E-state index contributed by atoms with van der Waals surface area (Å²) in [7, 11) is 0. The van der Waals surface area contributed by atoms with Crippen LogP contribution in [0.15, 0.2) is 48.5 Å². The Balaban J connectivity index is 1.75. The fourth-order valence-electron chi connectivity index (χ4n) is 4.73. The molecule has 0 saturated heterocycles. The number of halogens is 1. The SMILES string of the molecule is CCOC(=O)C(OC(C)(C)C)c1c(C)cc2nc(-c3ccc4c(c3)CC(=O)N4)sc2c1-c1ccc(Cl)cc1. The van der Waals surface area contributed by atoms with Crippen LogP contribution in [0.5, 0.6) is 0 Å². The molecule has 196 valence electrons. The number of anilines is 1. The van der Waals surface area contributed by atoms with Crippen molar-refractivity contribution in [1.29, 1.82) is 0 Å². The molecule has 0 radical (unpaired) electrons. The summed E-state index contributed by atoms with van der Waals surface area (Å²) < 4.78 is 12.8. The highest BCUT2D eigenvalue weighted by Crippen LogP contribution is 2.45. The van der Waals surface area contributed by atoms with Gasteiger partial charge in [0, 0.05) is 27.4 Å². The molecular formula is C30H29ClN2O4S. The van der Waals surface area contributed by atoms with E-state index >= 15 is 0 Å². The molecule has 3 aromatic carbocycles. The highest BCUT2D eigenvalue weighted by atomic mass is 35.5. The first-order valence-corrected chi connectivity index (χ1v) is 13.7. The average Bonchev–Trinajstić information content (AvgIpc) is 3.43. The summed E-state index contributed by atoms with van der Waals surface area (Å²) in [5.41, 5.74) is 6.39. The summed E-state index contributed by atoms with van der Waals surface area (Å²) in [5, 5.41) is 4.34. The van der Waals surface area contributed by atoms with Gasteiger partial charge in [-0.1, -0.05) is 23.7 Å². The predicted octanol–water partition coefficient (Wildman–Crippen LogP) is 7.51. The first kappa shape index (κ1) is 26.4. The number of rotatable bonds is 6. The summed E-state index contributed by atoms with van der Waals surface area (Å²) in [4.78, 5) is 30.1. The molecule has 1 aliphatic rings. The predicted molar refractivity (Wildman–Crippen MR) is 153 cm³/mol. The fourth-order valence-corrected chi connectivity index (χ4v) is 5.98. The lowest BCUT2D eigenvalue weighted by Crippen LogP contribution is -2.29. The summed E-state index contributed by atoms with van der Waals surface area (Å²) in [5.74, 6) is -0.434. The number of carbonyl (C=O) groups excluding carboxylic acids is 2. The number of amides is 1. The van der Waals surface area contributed by atoms with E-state index in [-0.39, 0.29) is 12.5 Å². The molecule has 8 heteroatoms. The van der Waals surface area contributed by atoms with Gasteiger partial charge in [0.15, 0.2) is 6.10 Å². The molecule has 0 saturated carbocycles. The molecule has 0 bridgehead atoms. The van der Waals surface area contributed by atoms with Crippen LogP contribution >= 0.6 is 22.9 Å². The van der Waals surface area contributed by atoms with Crippen molar-refractivity contribution in [3.05, 3.63) is 70.2 Å². The zero-order chi connectivity index (χ0) is 27.2. The maximum atomic E-state index is 13.3. The van der Waals surface area contributed by atoms with Crippen LogP contribution in [0.25, 0.3) is 31.9 Å². The Morgan fingerprint density at radius 2 is 1.84 bits per heavy atom. The number of carbonyl (C=O) groups is 2. The van der Waals surface area contributed by atoms with Crippen molar-refractivity contribution in [2.75, 3.05) is 11.9 Å². The standard InChI is InChI=1S/C30H29ClN2O4S/c1-6-36-29(35)26(37-30(3,4)5)24-16(2)13-22-27(25(24)17-7-10-20(31)11-8-17)38-28(33-22)18-9-12-21-19(14-18)15-23(34)32-21/h7-14,26H,6,15H2,1-5H3,(H,32,34). The van der Waals surface area contributed by atoms with E-state index in [0.29, 0.717) is 11.4 Å². The molecule has 5 rings (SSSR count). The molecule has 0 spiro atoms. The Labute approximate surface area is 230 Å². The minimum atomic E-state index is -0.923. The molecule has 6 nitrogen and oxygen atoms in total. The Kier molecular flexibility index (Phi) is 7.03. The highest BCUT2D eigenvalue weighted by molar-refractivity contribution is 7.22. The monoisotopic (exact) mass is 548 g/mol. The van der Waals surface area contributed by atoms with Gasteiger partial charge in [-0.2, -0.15) is 0 Å². The Morgan fingerprint density at radius 3 is 2.53 bits per heavy atom. The molecule has 0 aliphatic carbocycles. The van der Waals surface area contributed by atoms with E-state index in [1.54, 1.807) is 18.3 Å². The maximum absolute atomic E-state index is 13.3. The lowest BCUT2D eigenvalue weighted by molar-refractivity contribution is -0.166. The molecule has 2 heterocycles. The second kappa shape index (κ2) is 10.1. The summed E-state index contributed by atoms with van der Waals surface area (Å²) in [6.07, 6.45) is -0.564. The number of ether oxygens (including phenoxy) is 2. The average molecular weight is 549 g/mol. The zero-order valence-electron chi connectivity index (χ0n) is 22.0. The molecule has 0 fully saturated rings. The van der Waals surface area contributed by atoms with E-state index in [0.717, 1.165) is 54.3 Å². The van der Waals surface area contributed by atoms with Crippen LogP contribution in [-0.4, -0.2) is 29.1 Å². The number of nitrogens with zero attached hydrogens (tertiary/aromatic N) is 1. The van der Waals surface area contributed by atoms with Crippen molar-refractivity contribution in [3.63, 3.8) is 0 Å². The van der Waals surface area contributed by atoms with Crippen molar-refractivity contribution in [2.24, 2.45) is 0 Å². The van der Waals surface area contributed by atoms with E-state index in [2.05, 4.69) is 5.32 Å². The van der Waals surface area contributed by atoms with Gasteiger partial charge in [0.2, 0.25) is 5.91 Å². The van der Waals surface area contributed by atoms with Gasteiger partial charge in [-0.3, -0.25) is 4.79 Å². The number of nitrogens with one attached hydrogen (secondary N) is 1. The lowest BCUT2D eigenvalue weighted by atomic mass is 9.91. The number of hydrogen-bond donors (Lipinski definition) is 1. The smallest absolute Gasteiger partial charge is 0.339 e. The number of hydrogen-bond acceptors (Lipinski definition) is 6. The third kappa shape index (κ3) is 5.19. The van der Waals surface area contributed by atoms with Crippen LogP contribution in [-0.2, 0) is 25.5 Å². The number of aryl methyl sites for hydroxylation is 1. The fraction of sp³-hybridized carbons (Fsp3) is 0.300. The van der Waals surface area contributed by atoms with Crippen molar-refractivity contribution in [3.8, 4) is 21.7 Å². The van der Waals surface area contributed by atoms with Crippen molar-refractivity contribution < 1.29 is 19.1 Å². The van der Waals surface area contributed by atoms with Gasteiger partial charge < -0.3 is 14.8 Å². The maximum Gasteiger partial charge on any atom is 0.339 e. The van der Waals surface area contributed by atoms with Crippen LogP contribution in [0.2, 0.25) is 5.02 Å². The lowest BCUT2D eigenvalue weighted by Gasteiger charge is -2.29. The van der Waals surface area contributed by atoms with E-state index < -0.39 is 17.7 Å². The van der Waals surface area contributed by atoms with E-state index in [1.165, 1.54) is 0 Å². The second-order valence-corrected chi connectivity index (χ2v) is 11.8. The number of aromatic nitrogens is 1. The molecule has 1 N–H and O–H groups in total. The highest BCUT2D eigenvalue weighted by Gasteiger charge is 2.33. The van der Waals surface area contributed by atoms with Crippen LogP contribution in [0.1, 0.15) is 50.5 Å². The number of esters is 1. The molecular weight excluding hydrogens is 520 g/mol. The van der Waals surface area contributed by atoms with Crippen molar-refractivity contribution >= 4 is 50.7 Å². The van der Waals surface area contributed by atoms with Crippen LogP contribution < -0.4 is 5.32 Å². The minimum absolute atomic E-state index is 0.00408. The molecule has 1 unspecified atom stereocenters. The van der Waals surface area contributed by atoms with Crippen LogP contribution in [0, 0.1) is 6.92 Å². The zero-order valence-corrected chi connectivity index (χ0v) is 23.5. The molecule has 1 atom stereocenters. The largest absolute Gasteiger partial charge is 0.464 e. The van der Waals surface area contributed by atoms with Crippen LogP contribution in [0.3, 0.4) is 0 Å². The van der Waals surface area contributed by atoms with Gasteiger partial charge >= 0.3 is 5.97 Å². The molecule has 38 heavy (non-hydrogen) atoms. The number of thiazole rings is 1. The van der Waals surface area contributed by atoms with Gasteiger partial charge in [0.1, 0.15) is 5.01 Å². The van der Waals surface area contributed by atoms with Crippen LogP contribution in [0.4, 0.5) is 5.69 Å². The second-order valence-electron chi connectivity index (χ2n) is 10.3. The van der Waals surface area contributed by atoms with Crippen molar-refractivity contribution in [2.45, 2.75) is 52.7 Å². The van der Waals surface area contributed by atoms with Crippen molar-refractivity contribution in [1.82, 2.24) is 4.98 Å². The van der Waals surface area contributed by atoms with Gasteiger partial charge in [-0.05, 0) is 87.7 Å². The molecule has 4 aromatic rings. The van der Waals surface area contributed by atoms with E-state index in [4.69, 9.17) is 26.1 Å². The summed E-state index contributed by atoms with van der Waals surface area (Å²) in [6.45, 7) is 9.78. The Bertz CT molecular complexity index is 1550. The van der Waals surface area contributed by atoms with Gasteiger partial charge in [0.05, 0.1) is 28.8 Å². The van der Waals surface area contributed by atoms with Gasteiger partial charge in [-0.25, -0.2) is 9.78 Å².